The van der Waals surface area contributed by atoms with E-state index in [2.05, 4.69) is 4.98 Å². The zero-order valence-electron chi connectivity index (χ0n) is 18.8. The number of imidazole rings is 1. The maximum absolute atomic E-state index is 12.5. The first kappa shape index (κ1) is 25.4. The van der Waals surface area contributed by atoms with Crippen LogP contribution in [0.15, 0.2) is 60.9 Å². The van der Waals surface area contributed by atoms with Crippen molar-refractivity contribution in [2.24, 2.45) is 11.6 Å². The fourth-order valence-corrected chi connectivity index (χ4v) is 3.18. The minimum atomic E-state index is -4.38. The molecule has 10 nitrogen and oxygen atoms in total. The highest BCUT2D eigenvalue weighted by molar-refractivity contribution is 5.68. The molecule has 1 atom stereocenters. The van der Waals surface area contributed by atoms with Gasteiger partial charge in [0.25, 0.3) is 0 Å². The number of methoxy groups -OCH3 is 1. The van der Waals surface area contributed by atoms with Crippen molar-refractivity contribution < 1.29 is 27.6 Å². The number of ether oxygens (including phenoxy) is 2. The molecule has 0 saturated carbocycles. The summed E-state index contributed by atoms with van der Waals surface area (Å²) in [5.41, 5.74) is 6.40. The lowest BCUT2D eigenvalue weighted by atomic mass is 10.1. The quantitative estimate of drug-likeness (QED) is 0.311. The number of hydrazine groups is 1. The minimum absolute atomic E-state index is 0.0632. The van der Waals surface area contributed by atoms with Crippen molar-refractivity contribution >= 4 is 17.2 Å². The highest BCUT2D eigenvalue weighted by Gasteiger charge is 2.30. The second-order valence-corrected chi connectivity index (χ2v) is 7.46. The molecule has 4 N–H and O–H groups in total. The van der Waals surface area contributed by atoms with E-state index in [-0.39, 0.29) is 17.6 Å². The van der Waals surface area contributed by atoms with Gasteiger partial charge < -0.3 is 25.3 Å². The molecule has 1 aromatic heterocycles. The molecule has 4 rings (SSSR count). The second-order valence-electron chi connectivity index (χ2n) is 7.46. The van der Waals surface area contributed by atoms with Crippen LogP contribution in [-0.4, -0.2) is 27.7 Å². The van der Waals surface area contributed by atoms with Gasteiger partial charge in [-0.15, -0.1) is 0 Å². The van der Waals surface area contributed by atoms with E-state index in [1.54, 1.807) is 28.8 Å². The summed E-state index contributed by atoms with van der Waals surface area (Å²) in [6.07, 6.45) is -1.51. The first-order valence-electron chi connectivity index (χ1n) is 10.2. The average Bonchev–Trinajstić information content (AvgIpc) is 3.36. The summed E-state index contributed by atoms with van der Waals surface area (Å²) in [5, 5.41) is 11.5. The monoisotopic (exact) mass is 492 g/mol. The molecule has 2 heterocycles. The van der Waals surface area contributed by atoms with Crippen LogP contribution in [-0.2, 0) is 12.7 Å². The van der Waals surface area contributed by atoms with Gasteiger partial charge >= 0.3 is 18.0 Å². The zero-order valence-corrected chi connectivity index (χ0v) is 18.8. The van der Waals surface area contributed by atoms with Crippen LogP contribution in [0.2, 0.25) is 0 Å². The smallest absolute Gasteiger partial charge is 0.416 e. The largest absolute Gasteiger partial charge is 0.495 e. The molecule has 1 aliphatic rings. The van der Waals surface area contributed by atoms with Crippen LogP contribution < -0.4 is 26.1 Å². The maximum atomic E-state index is 12.5. The van der Waals surface area contributed by atoms with Crippen LogP contribution in [0.3, 0.4) is 0 Å². The van der Waals surface area contributed by atoms with Gasteiger partial charge in [0.05, 0.1) is 30.6 Å². The van der Waals surface area contributed by atoms with E-state index in [9.17, 15) is 23.3 Å². The van der Waals surface area contributed by atoms with E-state index in [4.69, 9.17) is 21.1 Å². The van der Waals surface area contributed by atoms with Gasteiger partial charge in [-0.3, -0.25) is 9.58 Å². The van der Waals surface area contributed by atoms with Crippen molar-refractivity contribution in [2.45, 2.75) is 25.7 Å². The molecular formula is C22H23F3N6O4. The third kappa shape index (κ3) is 6.20. The normalized spacial score (nSPS) is 14.9. The van der Waals surface area contributed by atoms with Gasteiger partial charge in [-0.2, -0.15) is 13.2 Å². The number of nitrogens with two attached hydrogens (primary N) is 2. The number of hydrogen-bond donors (Lipinski definition) is 2. The third-order valence-corrected chi connectivity index (χ3v) is 4.86. The molecule has 0 spiro atoms. The van der Waals surface area contributed by atoms with Crippen molar-refractivity contribution in [3.8, 4) is 11.8 Å². The van der Waals surface area contributed by atoms with E-state index in [0.29, 0.717) is 29.6 Å². The first-order chi connectivity index (χ1) is 16.5. The highest BCUT2D eigenvalue weighted by atomic mass is 19.4. The van der Waals surface area contributed by atoms with Crippen LogP contribution in [0.1, 0.15) is 18.1 Å². The molecule has 0 radical (unpaired) electrons. The third-order valence-electron chi connectivity index (χ3n) is 4.86. The van der Waals surface area contributed by atoms with Crippen LogP contribution in [0.5, 0.6) is 11.8 Å². The van der Waals surface area contributed by atoms with Crippen molar-refractivity contribution in [3.63, 3.8) is 0 Å². The molecule has 1 aliphatic heterocycles. The van der Waals surface area contributed by atoms with Crippen LogP contribution in [0.4, 0.5) is 24.7 Å². The molecule has 3 aromatic rings. The number of hydrogen-bond acceptors (Lipinski definition) is 8. The van der Waals surface area contributed by atoms with Crippen LogP contribution in [0.25, 0.3) is 5.70 Å². The molecular weight excluding hydrogens is 469 g/mol. The summed E-state index contributed by atoms with van der Waals surface area (Å²) in [4.78, 5) is 13.4. The SMILES string of the molecule is CC1Cn2cc([N+](=O)[O-])nc2O1.COc1ccccc1N(N)/C=C(\N)c1ccc(C(F)(F)F)cc1. The standard InChI is InChI=1S/C16H16F3N3O.C6H7N3O3/c1-23-15-5-3-2-4-14(15)22(21)10-13(20)11-6-8-12(9-7-11)16(17,18)19;1-4-2-8-3-5(9(10)11)7-6(8)12-4/h2-10H,20-21H2,1H3;3-4H,2H2,1H3/b13-10-;. The van der Waals surface area contributed by atoms with Gasteiger partial charge in [-0.1, -0.05) is 24.3 Å². The fraction of sp³-hybridized carbons (Fsp3) is 0.227. The number of aromatic nitrogens is 2. The Labute approximate surface area is 198 Å². The number of para-hydroxylation sites is 2. The summed E-state index contributed by atoms with van der Waals surface area (Å²) < 4.78 is 49.7. The fourth-order valence-electron chi connectivity index (χ4n) is 3.18. The molecule has 186 valence electrons. The van der Waals surface area contributed by atoms with Gasteiger partial charge in [0.2, 0.25) is 0 Å². The molecule has 35 heavy (non-hydrogen) atoms. The number of halogens is 3. The van der Waals surface area contributed by atoms with Crippen molar-refractivity contribution in [2.75, 3.05) is 12.1 Å². The number of rotatable bonds is 5. The lowest BCUT2D eigenvalue weighted by molar-refractivity contribution is -0.389. The maximum Gasteiger partial charge on any atom is 0.416 e. The summed E-state index contributed by atoms with van der Waals surface area (Å²) >= 11 is 0. The van der Waals surface area contributed by atoms with E-state index < -0.39 is 16.7 Å². The Morgan fingerprint density at radius 3 is 2.51 bits per heavy atom. The van der Waals surface area contributed by atoms with E-state index >= 15 is 0 Å². The van der Waals surface area contributed by atoms with E-state index in [0.717, 1.165) is 12.1 Å². The van der Waals surface area contributed by atoms with Crippen molar-refractivity contribution in [1.82, 2.24) is 9.55 Å². The van der Waals surface area contributed by atoms with Gasteiger partial charge in [-0.05, 0) is 41.7 Å². The van der Waals surface area contributed by atoms with Gasteiger partial charge in [0.1, 0.15) is 18.1 Å². The Hall–Kier alpha value is -4.26. The average molecular weight is 492 g/mol. The van der Waals surface area contributed by atoms with E-state index in [1.165, 1.54) is 36.6 Å². The number of nitrogens with zero attached hydrogens (tertiary/aromatic N) is 4. The van der Waals surface area contributed by atoms with Gasteiger partial charge in [0, 0.05) is 11.2 Å². The Morgan fingerprint density at radius 1 is 1.29 bits per heavy atom. The summed E-state index contributed by atoms with van der Waals surface area (Å²) in [6, 6.07) is 11.9. The first-order valence-corrected chi connectivity index (χ1v) is 10.2. The Balaban J connectivity index is 0.000000237. The molecule has 1 unspecified atom stereocenters. The Morgan fingerprint density at radius 2 is 1.94 bits per heavy atom. The number of benzene rings is 2. The molecule has 0 bridgehead atoms. The van der Waals surface area contributed by atoms with Crippen molar-refractivity contribution in [1.29, 1.82) is 0 Å². The highest BCUT2D eigenvalue weighted by Crippen LogP contribution is 2.30. The zero-order chi connectivity index (χ0) is 25.8. The van der Waals surface area contributed by atoms with Crippen molar-refractivity contribution in [3.05, 3.63) is 82.2 Å². The number of anilines is 1. The summed E-state index contributed by atoms with van der Waals surface area (Å²) in [5.74, 6) is 6.32. The Kier molecular flexibility index (Phi) is 7.49. The summed E-state index contributed by atoms with van der Waals surface area (Å²) in [6.45, 7) is 2.52. The second kappa shape index (κ2) is 10.3. The molecule has 0 saturated heterocycles. The minimum Gasteiger partial charge on any atom is -0.495 e. The molecule has 13 heteroatoms. The lowest BCUT2D eigenvalue weighted by Gasteiger charge is -2.18. The lowest BCUT2D eigenvalue weighted by Crippen LogP contribution is -2.26. The van der Waals surface area contributed by atoms with Crippen LogP contribution in [0, 0.1) is 10.1 Å². The van der Waals surface area contributed by atoms with E-state index in [1.807, 2.05) is 6.92 Å². The molecule has 2 aromatic carbocycles. The van der Waals surface area contributed by atoms with Crippen LogP contribution >= 0.6 is 0 Å². The predicted molar refractivity (Wildman–Crippen MR) is 122 cm³/mol. The van der Waals surface area contributed by atoms with Gasteiger partial charge in [-0.25, -0.2) is 5.84 Å². The molecule has 0 fully saturated rings. The number of nitro groups is 1. The molecule has 0 amide bonds. The summed E-state index contributed by atoms with van der Waals surface area (Å²) in [7, 11) is 1.51. The Bertz CT molecular complexity index is 1190. The topological polar surface area (TPSA) is 135 Å². The number of alkyl halides is 3. The number of fused-ring (bicyclic) bond motifs is 1. The molecule has 0 aliphatic carbocycles. The van der Waals surface area contributed by atoms with Gasteiger partial charge in [0.15, 0.2) is 0 Å². The predicted octanol–water partition coefficient (Wildman–Crippen LogP) is 3.92.